The van der Waals surface area contributed by atoms with Gasteiger partial charge in [0.25, 0.3) is 0 Å². The van der Waals surface area contributed by atoms with Crippen molar-refractivity contribution in [1.29, 1.82) is 0 Å². The van der Waals surface area contributed by atoms with Gasteiger partial charge in [0.15, 0.2) is 0 Å². The van der Waals surface area contributed by atoms with Gasteiger partial charge >= 0.3 is 0 Å². The van der Waals surface area contributed by atoms with E-state index in [0.29, 0.717) is 11.7 Å². The minimum absolute atomic E-state index is 0.438. The number of benzene rings is 1. The first-order chi connectivity index (χ1) is 7.13. The van der Waals surface area contributed by atoms with Crippen molar-refractivity contribution in [1.82, 2.24) is 0 Å². The van der Waals surface area contributed by atoms with Crippen molar-refractivity contribution in [2.75, 3.05) is 0 Å². The lowest BCUT2D eigenvalue weighted by Gasteiger charge is -2.16. The molecule has 0 amide bonds. The van der Waals surface area contributed by atoms with Crippen LogP contribution in [-0.4, -0.2) is 5.11 Å². The molecular formula is C14H22O. The number of hydrogen-bond acceptors (Lipinski definition) is 1. The summed E-state index contributed by atoms with van der Waals surface area (Å²) in [4.78, 5) is 0. The normalized spacial score (nSPS) is 14.9. The summed E-state index contributed by atoms with van der Waals surface area (Å²) in [5.41, 5.74) is 1.08. The smallest absolute Gasteiger partial charge is 0.118 e. The fourth-order valence-electron chi connectivity index (χ4n) is 2.00. The Morgan fingerprint density at radius 2 is 1.80 bits per heavy atom. The highest BCUT2D eigenvalue weighted by Gasteiger charge is 2.09. The van der Waals surface area contributed by atoms with Crippen LogP contribution < -0.4 is 0 Å². The lowest BCUT2D eigenvalue weighted by molar-refractivity contribution is 0.396. The molecule has 0 spiro atoms. The van der Waals surface area contributed by atoms with Gasteiger partial charge in [0, 0.05) is 0 Å². The van der Waals surface area contributed by atoms with Crippen LogP contribution in [0.15, 0.2) is 24.3 Å². The van der Waals surface area contributed by atoms with Gasteiger partial charge in [-0.15, -0.1) is 0 Å². The van der Waals surface area contributed by atoms with Gasteiger partial charge in [-0.25, -0.2) is 0 Å². The summed E-state index contributed by atoms with van der Waals surface area (Å²) in [5, 5.41) is 9.65. The van der Waals surface area contributed by atoms with E-state index in [4.69, 9.17) is 0 Å². The van der Waals surface area contributed by atoms with Gasteiger partial charge in [0.05, 0.1) is 0 Å². The zero-order valence-corrected chi connectivity index (χ0v) is 10.0. The second-order valence-corrected chi connectivity index (χ2v) is 4.69. The summed E-state index contributed by atoms with van der Waals surface area (Å²) in [7, 11) is 0. The summed E-state index contributed by atoms with van der Waals surface area (Å²) in [6, 6.07) is 7.65. The van der Waals surface area contributed by atoms with Gasteiger partial charge in [-0.3, -0.25) is 0 Å². The second-order valence-electron chi connectivity index (χ2n) is 4.69. The molecular weight excluding hydrogens is 184 g/mol. The summed E-state index contributed by atoms with van der Waals surface area (Å²) < 4.78 is 0. The molecule has 0 aliphatic rings. The first-order valence-corrected chi connectivity index (χ1v) is 5.90. The molecule has 0 saturated heterocycles. The van der Waals surface area contributed by atoms with Crippen LogP contribution in [0.2, 0.25) is 0 Å². The summed E-state index contributed by atoms with van der Waals surface area (Å²) in [6.45, 7) is 6.79. The largest absolute Gasteiger partial charge is 0.508 e. The lowest BCUT2D eigenvalue weighted by Crippen LogP contribution is -2.05. The van der Waals surface area contributed by atoms with E-state index in [1.165, 1.54) is 12.8 Å². The number of phenols is 1. The predicted molar refractivity (Wildman–Crippen MR) is 65.0 cm³/mol. The fraction of sp³-hybridized carbons (Fsp3) is 0.571. The predicted octanol–water partition coefficient (Wildman–Crippen LogP) is 4.01. The van der Waals surface area contributed by atoms with Crippen LogP contribution in [-0.2, 0) is 6.42 Å². The third kappa shape index (κ3) is 3.94. The molecule has 2 unspecified atom stereocenters. The van der Waals surface area contributed by atoms with Gasteiger partial charge in [0.2, 0.25) is 0 Å². The minimum Gasteiger partial charge on any atom is -0.508 e. The van der Waals surface area contributed by atoms with E-state index in [0.717, 1.165) is 17.9 Å². The molecule has 1 N–H and O–H groups in total. The van der Waals surface area contributed by atoms with Crippen molar-refractivity contribution in [3.63, 3.8) is 0 Å². The first kappa shape index (κ1) is 12.1. The van der Waals surface area contributed by atoms with E-state index in [2.05, 4.69) is 20.8 Å². The molecule has 1 heteroatoms. The van der Waals surface area contributed by atoms with Crippen LogP contribution >= 0.6 is 0 Å². The number of hydrogen-bond donors (Lipinski definition) is 1. The van der Waals surface area contributed by atoms with Crippen molar-refractivity contribution in [3.05, 3.63) is 29.8 Å². The van der Waals surface area contributed by atoms with E-state index >= 15 is 0 Å². The zero-order valence-electron chi connectivity index (χ0n) is 10.0. The number of para-hydroxylation sites is 1. The van der Waals surface area contributed by atoms with E-state index in [1.807, 2.05) is 18.2 Å². The number of aromatic hydroxyl groups is 1. The Hall–Kier alpha value is -0.980. The van der Waals surface area contributed by atoms with E-state index in [-0.39, 0.29) is 0 Å². The molecule has 15 heavy (non-hydrogen) atoms. The van der Waals surface area contributed by atoms with E-state index in [1.54, 1.807) is 6.07 Å². The second kappa shape index (κ2) is 5.79. The molecule has 0 aliphatic heterocycles. The van der Waals surface area contributed by atoms with Crippen molar-refractivity contribution in [3.8, 4) is 5.75 Å². The van der Waals surface area contributed by atoms with Crippen LogP contribution in [0.4, 0.5) is 0 Å². The molecule has 0 aromatic heterocycles. The van der Waals surface area contributed by atoms with E-state index in [9.17, 15) is 5.11 Å². The quantitative estimate of drug-likeness (QED) is 0.771. The fourth-order valence-corrected chi connectivity index (χ4v) is 2.00. The van der Waals surface area contributed by atoms with Gasteiger partial charge in [-0.2, -0.15) is 0 Å². The average Bonchev–Trinajstić information content (AvgIpc) is 2.21. The van der Waals surface area contributed by atoms with Crippen molar-refractivity contribution < 1.29 is 5.11 Å². The Morgan fingerprint density at radius 1 is 1.13 bits per heavy atom. The monoisotopic (exact) mass is 206 g/mol. The highest BCUT2D eigenvalue weighted by molar-refractivity contribution is 5.31. The van der Waals surface area contributed by atoms with Gasteiger partial charge in [0.1, 0.15) is 5.75 Å². The first-order valence-electron chi connectivity index (χ1n) is 5.90. The molecule has 0 aliphatic carbocycles. The Labute approximate surface area is 93.1 Å². The molecule has 0 saturated carbocycles. The number of phenolic OH excluding ortho intramolecular Hbond substituents is 1. The zero-order chi connectivity index (χ0) is 11.3. The van der Waals surface area contributed by atoms with Crippen LogP contribution in [0.1, 0.15) is 39.2 Å². The Balaban J connectivity index is 2.51. The molecule has 0 heterocycles. The SMILES string of the molecule is CCC(C)CC(C)Cc1ccccc1O. The van der Waals surface area contributed by atoms with Crippen LogP contribution in [0.25, 0.3) is 0 Å². The highest BCUT2D eigenvalue weighted by atomic mass is 16.3. The molecule has 2 atom stereocenters. The van der Waals surface area contributed by atoms with Crippen molar-refractivity contribution in [2.24, 2.45) is 11.8 Å². The summed E-state index contributed by atoms with van der Waals surface area (Å²) in [6.07, 6.45) is 3.47. The van der Waals surface area contributed by atoms with Gasteiger partial charge < -0.3 is 5.11 Å². The van der Waals surface area contributed by atoms with Crippen LogP contribution in [0.3, 0.4) is 0 Å². The molecule has 0 fully saturated rings. The van der Waals surface area contributed by atoms with E-state index < -0.39 is 0 Å². The number of rotatable bonds is 5. The minimum atomic E-state index is 0.438. The van der Waals surface area contributed by atoms with Crippen LogP contribution in [0, 0.1) is 11.8 Å². The Morgan fingerprint density at radius 3 is 2.40 bits per heavy atom. The topological polar surface area (TPSA) is 20.2 Å². The maximum atomic E-state index is 9.65. The van der Waals surface area contributed by atoms with Crippen LogP contribution in [0.5, 0.6) is 5.75 Å². The standard InChI is InChI=1S/C14H22O/c1-4-11(2)9-12(3)10-13-7-5-6-8-14(13)15/h5-8,11-12,15H,4,9-10H2,1-3H3. The van der Waals surface area contributed by atoms with Gasteiger partial charge in [-0.05, 0) is 36.3 Å². The van der Waals surface area contributed by atoms with Gasteiger partial charge in [-0.1, -0.05) is 45.4 Å². The maximum absolute atomic E-state index is 9.65. The summed E-state index contributed by atoms with van der Waals surface area (Å²) >= 11 is 0. The highest BCUT2D eigenvalue weighted by Crippen LogP contribution is 2.23. The van der Waals surface area contributed by atoms with Crippen molar-refractivity contribution >= 4 is 0 Å². The Kier molecular flexibility index (Phi) is 4.67. The summed E-state index contributed by atoms with van der Waals surface area (Å²) in [5.74, 6) is 1.87. The molecule has 1 rings (SSSR count). The third-order valence-electron chi connectivity index (χ3n) is 3.06. The molecule has 1 aromatic rings. The lowest BCUT2D eigenvalue weighted by atomic mass is 9.90. The molecule has 0 bridgehead atoms. The molecule has 0 radical (unpaired) electrons. The maximum Gasteiger partial charge on any atom is 0.118 e. The molecule has 1 aromatic carbocycles. The Bertz CT molecular complexity index is 293. The molecule has 84 valence electrons. The molecule has 1 nitrogen and oxygen atoms in total. The van der Waals surface area contributed by atoms with Crippen molar-refractivity contribution in [2.45, 2.75) is 40.0 Å². The average molecular weight is 206 g/mol. The third-order valence-corrected chi connectivity index (χ3v) is 3.06.